The van der Waals surface area contributed by atoms with E-state index in [1.165, 1.54) is 24.0 Å². The first-order valence-corrected chi connectivity index (χ1v) is 6.79. The van der Waals surface area contributed by atoms with Crippen molar-refractivity contribution in [3.05, 3.63) is 35.4 Å². The van der Waals surface area contributed by atoms with Crippen LogP contribution in [0.3, 0.4) is 0 Å². The molecule has 1 aliphatic carbocycles. The van der Waals surface area contributed by atoms with Gasteiger partial charge in [-0.3, -0.25) is 0 Å². The average Bonchev–Trinajstić information content (AvgIpc) is 3.22. The van der Waals surface area contributed by atoms with Crippen molar-refractivity contribution in [3.63, 3.8) is 0 Å². The third-order valence-corrected chi connectivity index (χ3v) is 4.46. The second-order valence-corrected chi connectivity index (χ2v) is 5.46. The molecule has 92 valence electrons. The van der Waals surface area contributed by atoms with Gasteiger partial charge in [-0.15, -0.1) is 0 Å². The summed E-state index contributed by atoms with van der Waals surface area (Å²) in [4.78, 5) is 0. The van der Waals surface area contributed by atoms with E-state index in [1.54, 1.807) is 0 Å². The van der Waals surface area contributed by atoms with Crippen LogP contribution in [0, 0.1) is 5.92 Å². The Bertz CT molecular complexity index is 413. The lowest BCUT2D eigenvalue weighted by atomic mass is 9.78. The fourth-order valence-corrected chi connectivity index (χ4v) is 3.26. The minimum Gasteiger partial charge on any atom is -0.388 e. The van der Waals surface area contributed by atoms with Crippen LogP contribution >= 0.6 is 0 Å². The second-order valence-electron chi connectivity index (χ2n) is 5.46. The maximum Gasteiger partial charge on any atom is 0.0867 e. The maximum absolute atomic E-state index is 11.0. The molecule has 3 rings (SSSR count). The van der Waals surface area contributed by atoms with Crippen molar-refractivity contribution in [1.82, 2.24) is 5.32 Å². The summed E-state index contributed by atoms with van der Waals surface area (Å²) in [7, 11) is 0. The molecule has 2 unspecified atom stereocenters. The van der Waals surface area contributed by atoms with Crippen LogP contribution in [-0.4, -0.2) is 17.3 Å². The molecule has 2 heteroatoms. The Kier molecular flexibility index (Phi) is 2.72. The van der Waals surface area contributed by atoms with Crippen LogP contribution < -0.4 is 5.32 Å². The minimum absolute atomic E-state index is 0.130. The molecule has 1 aromatic rings. The fourth-order valence-electron chi connectivity index (χ4n) is 3.26. The largest absolute Gasteiger partial charge is 0.388 e. The first-order chi connectivity index (χ1) is 8.25. The van der Waals surface area contributed by atoms with Gasteiger partial charge in [0.15, 0.2) is 0 Å². The number of fused-ring (bicyclic) bond motifs is 1. The highest BCUT2D eigenvalue weighted by atomic mass is 16.3. The molecule has 0 bridgehead atoms. The van der Waals surface area contributed by atoms with E-state index in [2.05, 4.69) is 36.5 Å². The quantitative estimate of drug-likeness (QED) is 0.837. The minimum atomic E-state index is -0.545. The lowest BCUT2D eigenvalue weighted by Crippen LogP contribution is -2.48. The molecule has 17 heavy (non-hydrogen) atoms. The Balaban J connectivity index is 1.99. The lowest BCUT2D eigenvalue weighted by molar-refractivity contribution is -0.0262. The van der Waals surface area contributed by atoms with Gasteiger partial charge in [0.1, 0.15) is 0 Å². The molecular weight excluding hydrogens is 210 g/mol. The average molecular weight is 231 g/mol. The molecule has 0 saturated heterocycles. The normalized spacial score (nSPS) is 27.3. The number of benzene rings is 1. The summed E-state index contributed by atoms with van der Waals surface area (Å²) in [6.07, 6.45) is 4.29. The molecule has 0 aromatic heterocycles. The standard InChI is InChI=1S/C15H21NO/c1-2-15(17,12-7-8-12)14-13-6-4-3-5-11(13)9-10-16-14/h3-6,12,14,16-17H,2,7-10H2,1H3. The first kappa shape index (κ1) is 11.2. The van der Waals surface area contributed by atoms with Crippen molar-refractivity contribution >= 4 is 0 Å². The summed E-state index contributed by atoms with van der Waals surface area (Å²) < 4.78 is 0. The fraction of sp³-hybridized carbons (Fsp3) is 0.600. The smallest absolute Gasteiger partial charge is 0.0867 e. The summed E-state index contributed by atoms with van der Waals surface area (Å²) in [6, 6.07) is 8.69. The van der Waals surface area contributed by atoms with Crippen LogP contribution in [0.4, 0.5) is 0 Å². The molecule has 1 saturated carbocycles. The summed E-state index contributed by atoms with van der Waals surface area (Å²) in [5.41, 5.74) is 2.18. The van der Waals surface area contributed by atoms with Crippen LogP contribution in [-0.2, 0) is 6.42 Å². The monoisotopic (exact) mass is 231 g/mol. The van der Waals surface area contributed by atoms with Crippen molar-refractivity contribution in [1.29, 1.82) is 0 Å². The first-order valence-electron chi connectivity index (χ1n) is 6.79. The second kappa shape index (κ2) is 4.11. The number of aliphatic hydroxyl groups is 1. The molecule has 2 aliphatic rings. The molecule has 1 aliphatic heterocycles. The van der Waals surface area contributed by atoms with Crippen molar-refractivity contribution in [2.45, 2.75) is 44.2 Å². The van der Waals surface area contributed by atoms with Gasteiger partial charge in [-0.1, -0.05) is 31.2 Å². The van der Waals surface area contributed by atoms with Gasteiger partial charge in [-0.2, -0.15) is 0 Å². The molecule has 2 atom stereocenters. The zero-order chi connectivity index (χ0) is 11.9. The Labute approximate surface area is 103 Å². The molecule has 0 amide bonds. The van der Waals surface area contributed by atoms with Gasteiger partial charge in [0.25, 0.3) is 0 Å². The molecule has 1 heterocycles. The molecule has 0 spiro atoms. The third-order valence-electron chi connectivity index (χ3n) is 4.46. The van der Waals surface area contributed by atoms with E-state index in [0.29, 0.717) is 5.92 Å². The predicted octanol–water partition coefficient (Wildman–Crippen LogP) is 2.42. The van der Waals surface area contributed by atoms with E-state index in [-0.39, 0.29) is 6.04 Å². The number of nitrogens with one attached hydrogen (secondary N) is 1. The summed E-state index contributed by atoms with van der Waals surface area (Å²) >= 11 is 0. The van der Waals surface area contributed by atoms with Crippen LogP contribution in [0.5, 0.6) is 0 Å². The van der Waals surface area contributed by atoms with Gasteiger partial charge in [0.05, 0.1) is 11.6 Å². The highest BCUT2D eigenvalue weighted by molar-refractivity contribution is 5.35. The molecule has 1 aromatic carbocycles. The van der Waals surface area contributed by atoms with E-state index in [1.807, 2.05) is 0 Å². The van der Waals surface area contributed by atoms with Crippen LogP contribution in [0.2, 0.25) is 0 Å². The van der Waals surface area contributed by atoms with Gasteiger partial charge >= 0.3 is 0 Å². The van der Waals surface area contributed by atoms with Crippen molar-refractivity contribution in [3.8, 4) is 0 Å². The topological polar surface area (TPSA) is 32.3 Å². The highest BCUT2D eigenvalue weighted by Crippen LogP contribution is 2.48. The Morgan fingerprint density at radius 2 is 2.12 bits per heavy atom. The zero-order valence-electron chi connectivity index (χ0n) is 10.4. The van der Waals surface area contributed by atoms with Gasteiger partial charge < -0.3 is 10.4 Å². The zero-order valence-corrected chi connectivity index (χ0v) is 10.4. The molecule has 1 fully saturated rings. The lowest BCUT2D eigenvalue weighted by Gasteiger charge is -2.40. The molecule has 0 radical (unpaired) electrons. The highest BCUT2D eigenvalue weighted by Gasteiger charge is 2.49. The SMILES string of the molecule is CCC(O)(C1CC1)C1NCCc2ccccc21. The van der Waals surface area contributed by atoms with Crippen LogP contribution in [0.15, 0.2) is 24.3 Å². The number of hydrogen-bond donors (Lipinski definition) is 2. The predicted molar refractivity (Wildman–Crippen MR) is 68.9 cm³/mol. The van der Waals surface area contributed by atoms with Crippen molar-refractivity contribution < 1.29 is 5.11 Å². The maximum atomic E-state index is 11.0. The van der Waals surface area contributed by atoms with E-state index in [9.17, 15) is 5.11 Å². The van der Waals surface area contributed by atoms with Gasteiger partial charge in [0.2, 0.25) is 0 Å². The van der Waals surface area contributed by atoms with Gasteiger partial charge in [-0.05, 0) is 49.3 Å². The van der Waals surface area contributed by atoms with Crippen LogP contribution in [0.1, 0.15) is 43.4 Å². The van der Waals surface area contributed by atoms with Crippen molar-refractivity contribution in [2.75, 3.05) is 6.54 Å². The van der Waals surface area contributed by atoms with Crippen LogP contribution in [0.25, 0.3) is 0 Å². The summed E-state index contributed by atoms with van der Waals surface area (Å²) in [5.74, 6) is 0.496. The molecule has 2 N–H and O–H groups in total. The Morgan fingerprint density at radius 3 is 2.82 bits per heavy atom. The van der Waals surface area contributed by atoms with E-state index in [4.69, 9.17) is 0 Å². The third kappa shape index (κ3) is 1.80. The number of hydrogen-bond acceptors (Lipinski definition) is 2. The van der Waals surface area contributed by atoms with E-state index < -0.39 is 5.60 Å². The Hall–Kier alpha value is -0.860. The van der Waals surface area contributed by atoms with E-state index >= 15 is 0 Å². The number of rotatable bonds is 3. The van der Waals surface area contributed by atoms with Crippen molar-refractivity contribution in [2.24, 2.45) is 5.92 Å². The van der Waals surface area contributed by atoms with Gasteiger partial charge in [-0.25, -0.2) is 0 Å². The van der Waals surface area contributed by atoms with Gasteiger partial charge in [0, 0.05) is 0 Å². The van der Waals surface area contributed by atoms with E-state index in [0.717, 1.165) is 19.4 Å². The molecular formula is C15H21NO. The Morgan fingerprint density at radius 1 is 1.35 bits per heavy atom. The molecule has 2 nitrogen and oxygen atoms in total. The summed E-state index contributed by atoms with van der Waals surface area (Å²) in [5, 5.41) is 14.5. The summed E-state index contributed by atoms with van der Waals surface area (Å²) in [6.45, 7) is 3.09.